The predicted molar refractivity (Wildman–Crippen MR) is 87.8 cm³/mol. The van der Waals surface area contributed by atoms with Crippen molar-refractivity contribution in [3.05, 3.63) is 30.0 Å². The van der Waals surface area contributed by atoms with E-state index in [2.05, 4.69) is 58.7 Å². The van der Waals surface area contributed by atoms with Gasteiger partial charge in [-0.15, -0.1) is 0 Å². The minimum Gasteiger partial charge on any atom is -0.304 e. The molecule has 0 saturated carbocycles. The van der Waals surface area contributed by atoms with Crippen molar-refractivity contribution in [1.29, 1.82) is 0 Å². The maximum atomic E-state index is 4.49. The lowest BCUT2D eigenvalue weighted by Crippen LogP contribution is -2.45. The zero-order valence-electron chi connectivity index (χ0n) is 13.4. The molecule has 0 aliphatic carbocycles. The molecular weight excluding hydrogens is 260 g/mol. The number of likely N-dealkylation sites (N-methyl/N-ethyl adjacent to an activating group) is 1. The number of nitrogens with zero attached hydrogens (tertiary/aromatic N) is 4. The van der Waals surface area contributed by atoms with Gasteiger partial charge in [-0.2, -0.15) is 5.10 Å². The van der Waals surface area contributed by atoms with E-state index < -0.39 is 0 Å². The molecule has 2 heterocycles. The molecule has 1 aromatic heterocycles. The number of piperazine rings is 1. The van der Waals surface area contributed by atoms with Crippen molar-refractivity contribution in [3.8, 4) is 0 Å². The summed E-state index contributed by atoms with van der Waals surface area (Å²) < 4.78 is 2.12. The lowest BCUT2D eigenvalue weighted by molar-refractivity contribution is 0.155. The Hall–Kier alpha value is -1.39. The van der Waals surface area contributed by atoms with Crippen molar-refractivity contribution >= 4 is 10.9 Å². The molecule has 0 spiro atoms. The fourth-order valence-corrected chi connectivity index (χ4v) is 3.01. The van der Waals surface area contributed by atoms with Crippen molar-refractivity contribution in [2.24, 2.45) is 0 Å². The molecule has 1 aliphatic rings. The van der Waals surface area contributed by atoms with Crippen LogP contribution in [-0.2, 0) is 6.42 Å². The maximum Gasteiger partial charge on any atom is 0.0688 e. The van der Waals surface area contributed by atoms with Gasteiger partial charge in [0.25, 0.3) is 0 Å². The first-order chi connectivity index (χ1) is 10.1. The van der Waals surface area contributed by atoms with Gasteiger partial charge in [0.05, 0.1) is 11.7 Å². The highest BCUT2D eigenvalue weighted by molar-refractivity contribution is 5.79. The van der Waals surface area contributed by atoms with Crippen molar-refractivity contribution < 1.29 is 0 Å². The van der Waals surface area contributed by atoms with Crippen molar-refractivity contribution in [3.63, 3.8) is 0 Å². The standard InChI is InChI=1S/C17H26N4/c1-14(2)21-17-12-15(4-5-16(17)13-18-21)6-7-20-10-8-19(3)9-11-20/h4-5,12-14H,6-11H2,1-3H3. The third-order valence-corrected chi connectivity index (χ3v) is 4.46. The molecule has 1 fully saturated rings. The van der Waals surface area contributed by atoms with Gasteiger partial charge in [-0.25, -0.2) is 0 Å². The number of aromatic nitrogens is 2. The number of hydrogen-bond donors (Lipinski definition) is 0. The molecule has 114 valence electrons. The van der Waals surface area contributed by atoms with Crippen molar-refractivity contribution in [2.75, 3.05) is 39.8 Å². The highest BCUT2D eigenvalue weighted by atomic mass is 15.3. The first-order valence-corrected chi connectivity index (χ1v) is 8.00. The number of hydrogen-bond acceptors (Lipinski definition) is 3. The summed E-state index contributed by atoms with van der Waals surface area (Å²) in [4.78, 5) is 4.98. The minimum absolute atomic E-state index is 0.412. The van der Waals surface area contributed by atoms with E-state index in [1.807, 2.05) is 6.20 Å². The SMILES string of the molecule is CC(C)n1ncc2ccc(CCN3CCN(C)CC3)cc21. The fraction of sp³-hybridized carbons (Fsp3) is 0.588. The number of rotatable bonds is 4. The van der Waals surface area contributed by atoms with Gasteiger partial charge >= 0.3 is 0 Å². The van der Waals surface area contributed by atoms with E-state index >= 15 is 0 Å². The summed E-state index contributed by atoms with van der Waals surface area (Å²) in [5.74, 6) is 0. The van der Waals surface area contributed by atoms with E-state index in [0.717, 1.165) is 13.0 Å². The molecule has 4 nitrogen and oxygen atoms in total. The molecule has 2 aromatic rings. The average Bonchev–Trinajstić information content (AvgIpc) is 2.90. The first-order valence-electron chi connectivity index (χ1n) is 8.00. The van der Waals surface area contributed by atoms with Crippen LogP contribution >= 0.6 is 0 Å². The van der Waals surface area contributed by atoms with Gasteiger partial charge < -0.3 is 9.80 Å². The summed E-state index contributed by atoms with van der Waals surface area (Å²) in [6.45, 7) is 10.3. The predicted octanol–water partition coefficient (Wildman–Crippen LogP) is 2.41. The summed E-state index contributed by atoms with van der Waals surface area (Å²) in [7, 11) is 2.21. The summed E-state index contributed by atoms with van der Waals surface area (Å²) in [6.07, 6.45) is 3.10. The molecule has 0 bridgehead atoms. The smallest absolute Gasteiger partial charge is 0.0688 e. The first kappa shape index (κ1) is 14.5. The quantitative estimate of drug-likeness (QED) is 0.862. The Morgan fingerprint density at radius 1 is 1.14 bits per heavy atom. The van der Waals surface area contributed by atoms with Gasteiger partial charge in [0.15, 0.2) is 0 Å². The molecule has 4 heteroatoms. The van der Waals surface area contributed by atoms with Gasteiger partial charge in [0, 0.05) is 44.2 Å². The Balaban J connectivity index is 1.68. The Labute approximate surface area is 127 Å². The van der Waals surface area contributed by atoms with Crippen LogP contribution in [0.25, 0.3) is 10.9 Å². The molecule has 0 amide bonds. The van der Waals surface area contributed by atoms with Crippen LogP contribution in [0.3, 0.4) is 0 Å². The monoisotopic (exact) mass is 286 g/mol. The van der Waals surface area contributed by atoms with Crippen LogP contribution in [0.4, 0.5) is 0 Å². The molecule has 1 aliphatic heterocycles. The molecule has 0 N–H and O–H groups in total. The topological polar surface area (TPSA) is 24.3 Å². The number of benzene rings is 1. The maximum absolute atomic E-state index is 4.49. The Morgan fingerprint density at radius 3 is 2.62 bits per heavy atom. The van der Waals surface area contributed by atoms with Crippen LogP contribution in [0.15, 0.2) is 24.4 Å². The molecule has 0 radical (unpaired) electrons. The minimum atomic E-state index is 0.412. The van der Waals surface area contributed by atoms with Crippen molar-refractivity contribution in [1.82, 2.24) is 19.6 Å². The summed E-state index contributed by atoms with van der Waals surface area (Å²) in [6, 6.07) is 7.19. The highest BCUT2D eigenvalue weighted by Gasteiger charge is 2.13. The Bertz CT molecular complexity index is 594. The summed E-state index contributed by atoms with van der Waals surface area (Å²) in [5, 5.41) is 5.74. The van der Waals surface area contributed by atoms with Gasteiger partial charge in [-0.3, -0.25) is 4.68 Å². The average molecular weight is 286 g/mol. The summed E-state index contributed by atoms with van der Waals surface area (Å²) >= 11 is 0. The molecule has 0 atom stereocenters. The summed E-state index contributed by atoms with van der Waals surface area (Å²) in [5.41, 5.74) is 2.68. The molecule has 0 unspecified atom stereocenters. The van der Waals surface area contributed by atoms with Crippen LogP contribution in [0.5, 0.6) is 0 Å². The fourth-order valence-electron chi connectivity index (χ4n) is 3.01. The Morgan fingerprint density at radius 2 is 1.90 bits per heavy atom. The van der Waals surface area contributed by atoms with E-state index in [-0.39, 0.29) is 0 Å². The van der Waals surface area contributed by atoms with Crippen molar-refractivity contribution in [2.45, 2.75) is 26.3 Å². The van der Waals surface area contributed by atoms with Crippen LogP contribution in [0.2, 0.25) is 0 Å². The second kappa shape index (κ2) is 6.16. The molecule has 21 heavy (non-hydrogen) atoms. The highest BCUT2D eigenvalue weighted by Crippen LogP contribution is 2.19. The molecular formula is C17H26N4. The van der Waals surface area contributed by atoms with Gasteiger partial charge in [0.1, 0.15) is 0 Å². The van der Waals surface area contributed by atoms with Gasteiger partial charge in [0.2, 0.25) is 0 Å². The van der Waals surface area contributed by atoms with Crippen LogP contribution in [0.1, 0.15) is 25.5 Å². The van der Waals surface area contributed by atoms with Crippen LogP contribution < -0.4 is 0 Å². The zero-order valence-corrected chi connectivity index (χ0v) is 13.4. The van der Waals surface area contributed by atoms with Crippen LogP contribution in [0, 0.1) is 0 Å². The second-order valence-corrected chi connectivity index (χ2v) is 6.47. The van der Waals surface area contributed by atoms with Crippen LogP contribution in [-0.4, -0.2) is 59.4 Å². The molecule has 1 saturated heterocycles. The second-order valence-electron chi connectivity index (χ2n) is 6.47. The van der Waals surface area contributed by atoms with Gasteiger partial charge in [-0.05, 0) is 38.9 Å². The largest absolute Gasteiger partial charge is 0.304 e. The Kier molecular flexibility index (Phi) is 4.27. The van der Waals surface area contributed by atoms with E-state index in [0.29, 0.717) is 6.04 Å². The van der Waals surface area contributed by atoms with E-state index in [4.69, 9.17) is 0 Å². The third kappa shape index (κ3) is 3.27. The number of fused-ring (bicyclic) bond motifs is 1. The normalized spacial score (nSPS) is 17.9. The lowest BCUT2D eigenvalue weighted by Gasteiger charge is -2.32. The zero-order chi connectivity index (χ0) is 14.8. The third-order valence-electron chi connectivity index (χ3n) is 4.46. The molecule has 1 aromatic carbocycles. The lowest BCUT2D eigenvalue weighted by atomic mass is 10.1. The van der Waals surface area contributed by atoms with E-state index in [1.165, 1.54) is 42.6 Å². The van der Waals surface area contributed by atoms with E-state index in [1.54, 1.807) is 0 Å². The van der Waals surface area contributed by atoms with E-state index in [9.17, 15) is 0 Å². The van der Waals surface area contributed by atoms with Gasteiger partial charge in [-0.1, -0.05) is 12.1 Å². The molecule has 3 rings (SSSR count).